The Morgan fingerprint density at radius 1 is 1.38 bits per heavy atom. The zero-order valence-corrected chi connectivity index (χ0v) is 10.1. The fraction of sp³-hybridized carbons (Fsp3) is 0.462. The first-order valence-corrected chi connectivity index (χ1v) is 5.75. The summed E-state index contributed by atoms with van der Waals surface area (Å²) in [5.74, 6) is 0.106. The van der Waals surface area contributed by atoms with Gasteiger partial charge in [-0.1, -0.05) is 18.2 Å². The van der Waals surface area contributed by atoms with E-state index in [9.17, 15) is 4.79 Å². The molecule has 2 N–H and O–H groups in total. The van der Waals surface area contributed by atoms with Gasteiger partial charge in [-0.3, -0.25) is 4.79 Å². The summed E-state index contributed by atoms with van der Waals surface area (Å²) in [6, 6.07) is 7.69. The van der Waals surface area contributed by atoms with E-state index in [2.05, 4.69) is 0 Å². The number of carbonyl (C=O) groups excluding carboxylic acids is 1. The average molecular weight is 220 g/mol. The molecular weight excluding hydrogens is 200 g/mol. The number of aryl methyl sites for hydroxylation is 1. The van der Waals surface area contributed by atoms with Crippen LogP contribution in [0.4, 0.5) is 0 Å². The van der Waals surface area contributed by atoms with Crippen LogP contribution in [0.5, 0.6) is 0 Å². The van der Waals surface area contributed by atoms with E-state index in [0.29, 0.717) is 6.54 Å². The summed E-state index contributed by atoms with van der Waals surface area (Å²) in [6.07, 6.45) is 0.853. The number of nitrogens with zero attached hydrogens (tertiary/aromatic N) is 1. The largest absolute Gasteiger partial charge is 0.339 e. The highest BCUT2D eigenvalue weighted by atomic mass is 16.2. The van der Waals surface area contributed by atoms with E-state index in [1.54, 1.807) is 0 Å². The molecule has 0 spiro atoms. The van der Waals surface area contributed by atoms with E-state index in [-0.39, 0.29) is 5.91 Å². The van der Waals surface area contributed by atoms with Gasteiger partial charge in [-0.05, 0) is 38.4 Å². The van der Waals surface area contributed by atoms with Crippen molar-refractivity contribution in [2.45, 2.75) is 20.3 Å². The standard InChI is InChI=1S/C13H20N2O/c1-3-15(10-6-9-14)13(16)12-8-5-4-7-11(12)2/h4-5,7-8H,3,6,9-10,14H2,1-2H3. The van der Waals surface area contributed by atoms with Crippen molar-refractivity contribution in [1.29, 1.82) is 0 Å². The van der Waals surface area contributed by atoms with Gasteiger partial charge in [0.05, 0.1) is 0 Å². The molecule has 0 heterocycles. The highest BCUT2D eigenvalue weighted by Gasteiger charge is 2.14. The second-order valence-electron chi connectivity index (χ2n) is 3.84. The molecule has 0 fully saturated rings. The average Bonchev–Trinajstić information content (AvgIpc) is 2.30. The molecule has 16 heavy (non-hydrogen) atoms. The van der Waals surface area contributed by atoms with E-state index in [1.165, 1.54) is 0 Å². The molecule has 0 bridgehead atoms. The SMILES string of the molecule is CCN(CCCN)C(=O)c1ccccc1C. The fourth-order valence-corrected chi connectivity index (χ4v) is 1.67. The summed E-state index contributed by atoms with van der Waals surface area (Å²) in [7, 11) is 0. The summed E-state index contributed by atoms with van der Waals surface area (Å²) in [5, 5.41) is 0. The van der Waals surface area contributed by atoms with Gasteiger partial charge in [0, 0.05) is 18.7 Å². The maximum Gasteiger partial charge on any atom is 0.254 e. The number of amides is 1. The number of hydrogen-bond acceptors (Lipinski definition) is 2. The second-order valence-corrected chi connectivity index (χ2v) is 3.84. The van der Waals surface area contributed by atoms with Crippen LogP contribution in [-0.4, -0.2) is 30.4 Å². The molecule has 1 aromatic rings. The number of nitrogens with two attached hydrogens (primary N) is 1. The Balaban J connectivity index is 2.79. The molecule has 3 heteroatoms. The van der Waals surface area contributed by atoms with Gasteiger partial charge >= 0.3 is 0 Å². The molecule has 0 radical (unpaired) electrons. The normalized spacial score (nSPS) is 10.2. The summed E-state index contributed by atoms with van der Waals surface area (Å²) in [4.78, 5) is 14.0. The molecule has 0 atom stereocenters. The topological polar surface area (TPSA) is 46.3 Å². The number of rotatable bonds is 5. The van der Waals surface area contributed by atoms with Crippen LogP contribution >= 0.6 is 0 Å². The predicted molar refractivity (Wildman–Crippen MR) is 66.4 cm³/mol. The van der Waals surface area contributed by atoms with Gasteiger partial charge in [0.2, 0.25) is 0 Å². The van der Waals surface area contributed by atoms with Crippen LogP contribution in [0.15, 0.2) is 24.3 Å². The van der Waals surface area contributed by atoms with Crippen LogP contribution < -0.4 is 5.73 Å². The van der Waals surface area contributed by atoms with Gasteiger partial charge in [-0.25, -0.2) is 0 Å². The Kier molecular flexibility index (Phi) is 4.99. The highest BCUT2D eigenvalue weighted by Crippen LogP contribution is 2.10. The number of hydrogen-bond donors (Lipinski definition) is 1. The van der Waals surface area contributed by atoms with Crippen LogP contribution in [0.1, 0.15) is 29.3 Å². The maximum atomic E-state index is 12.2. The van der Waals surface area contributed by atoms with Gasteiger partial charge in [0.1, 0.15) is 0 Å². The Labute approximate surface area is 97.2 Å². The molecule has 3 nitrogen and oxygen atoms in total. The van der Waals surface area contributed by atoms with Gasteiger partial charge < -0.3 is 10.6 Å². The minimum Gasteiger partial charge on any atom is -0.339 e. The van der Waals surface area contributed by atoms with Crippen molar-refractivity contribution in [3.63, 3.8) is 0 Å². The lowest BCUT2D eigenvalue weighted by molar-refractivity contribution is 0.0763. The molecule has 0 aliphatic heterocycles. The first-order chi connectivity index (χ1) is 7.70. The summed E-state index contributed by atoms with van der Waals surface area (Å²) >= 11 is 0. The van der Waals surface area contributed by atoms with Crippen LogP contribution in [0, 0.1) is 6.92 Å². The molecule has 88 valence electrons. The Hall–Kier alpha value is -1.35. The molecule has 0 aliphatic carbocycles. The molecule has 0 aromatic heterocycles. The molecule has 1 amide bonds. The first kappa shape index (κ1) is 12.7. The van der Waals surface area contributed by atoms with Gasteiger partial charge in [0.25, 0.3) is 5.91 Å². The second kappa shape index (κ2) is 6.28. The molecule has 0 saturated heterocycles. The Morgan fingerprint density at radius 3 is 2.62 bits per heavy atom. The minimum absolute atomic E-state index is 0.106. The maximum absolute atomic E-state index is 12.2. The van der Waals surface area contributed by atoms with Crippen molar-refractivity contribution in [1.82, 2.24) is 4.90 Å². The van der Waals surface area contributed by atoms with Gasteiger partial charge in [0.15, 0.2) is 0 Å². The number of carbonyl (C=O) groups is 1. The Morgan fingerprint density at radius 2 is 2.06 bits per heavy atom. The van der Waals surface area contributed by atoms with Crippen LogP contribution in [0.3, 0.4) is 0 Å². The van der Waals surface area contributed by atoms with E-state index in [1.807, 2.05) is 43.0 Å². The number of benzene rings is 1. The third-order valence-corrected chi connectivity index (χ3v) is 2.68. The third-order valence-electron chi connectivity index (χ3n) is 2.68. The van der Waals surface area contributed by atoms with Crippen molar-refractivity contribution in [3.8, 4) is 0 Å². The van der Waals surface area contributed by atoms with Crippen molar-refractivity contribution in [3.05, 3.63) is 35.4 Å². The van der Waals surface area contributed by atoms with Crippen LogP contribution in [-0.2, 0) is 0 Å². The van der Waals surface area contributed by atoms with E-state index in [4.69, 9.17) is 5.73 Å². The third kappa shape index (κ3) is 3.07. The first-order valence-electron chi connectivity index (χ1n) is 5.75. The van der Waals surface area contributed by atoms with Gasteiger partial charge in [-0.15, -0.1) is 0 Å². The predicted octanol–water partition coefficient (Wildman–Crippen LogP) is 1.81. The molecular formula is C13H20N2O. The lowest BCUT2D eigenvalue weighted by Gasteiger charge is -2.21. The lowest BCUT2D eigenvalue weighted by atomic mass is 10.1. The smallest absolute Gasteiger partial charge is 0.254 e. The molecule has 1 rings (SSSR count). The minimum atomic E-state index is 0.106. The quantitative estimate of drug-likeness (QED) is 0.822. The van der Waals surface area contributed by atoms with Crippen molar-refractivity contribution < 1.29 is 4.79 Å². The van der Waals surface area contributed by atoms with Crippen molar-refractivity contribution in [2.75, 3.05) is 19.6 Å². The zero-order valence-electron chi connectivity index (χ0n) is 10.1. The zero-order chi connectivity index (χ0) is 12.0. The summed E-state index contributed by atoms with van der Waals surface area (Å²) in [5.41, 5.74) is 7.28. The van der Waals surface area contributed by atoms with Crippen molar-refractivity contribution in [2.24, 2.45) is 5.73 Å². The van der Waals surface area contributed by atoms with E-state index >= 15 is 0 Å². The highest BCUT2D eigenvalue weighted by molar-refractivity contribution is 5.95. The van der Waals surface area contributed by atoms with Crippen molar-refractivity contribution >= 4 is 5.91 Å². The van der Waals surface area contributed by atoms with Gasteiger partial charge in [-0.2, -0.15) is 0 Å². The molecule has 0 saturated carbocycles. The monoisotopic (exact) mass is 220 g/mol. The van der Waals surface area contributed by atoms with Crippen LogP contribution in [0.25, 0.3) is 0 Å². The molecule has 0 aliphatic rings. The summed E-state index contributed by atoms with van der Waals surface area (Å²) < 4.78 is 0. The Bertz CT molecular complexity index is 350. The lowest BCUT2D eigenvalue weighted by Crippen LogP contribution is -2.33. The van der Waals surface area contributed by atoms with E-state index in [0.717, 1.165) is 30.6 Å². The fourth-order valence-electron chi connectivity index (χ4n) is 1.67. The van der Waals surface area contributed by atoms with E-state index < -0.39 is 0 Å². The molecule has 1 aromatic carbocycles. The molecule has 0 unspecified atom stereocenters. The van der Waals surface area contributed by atoms with Crippen LogP contribution in [0.2, 0.25) is 0 Å². The summed E-state index contributed by atoms with van der Waals surface area (Å²) in [6.45, 7) is 6.04.